The van der Waals surface area contributed by atoms with Crippen molar-refractivity contribution < 1.29 is 34.1 Å². The van der Waals surface area contributed by atoms with Crippen molar-refractivity contribution in [1.82, 2.24) is 0 Å². The molecule has 1 atom stereocenters. The van der Waals surface area contributed by atoms with Gasteiger partial charge in [-0.25, -0.2) is 4.79 Å². The number of carbonyl (C=O) groups excluding carboxylic acids is 3. The Balaban J connectivity index is 2.45. The van der Waals surface area contributed by atoms with Gasteiger partial charge in [0.25, 0.3) is 0 Å². The molecule has 0 aliphatic heterocycles. The number of benzene rings is 2. The summed E-state index contributed by atoms with van der Waals surface area (Å²) in [4.78, 5) is 39.8. The summed E-state index contributed by atoms with van der Waals surface area (Å²) in [6, 6.07) is 4.19. The van der Waals surface area contributed by atoms with Crippen LogP contribution in [-0.4, -0.2) is 40.5 Å². The fourth-order valence-corrected chi connectivity index (χ4v) is 3.65. The van der Waals surface area contributed by atoms with Crippen LogP contribution < -0.4 is 4.74 Å². The number of fused-ring (bicyclic) bond motifs is 2. The minimum atomic E-state index is -0.866. The molecular weight excluding hydrogens is 412 g/mol. The van der Waals surface area contributed by atoms with Crippen LogP contribution >= 0.6 is 0 Å². The Kier molecular flexibility index (Phi) is 6.39. The monoisotopic (exact) mass is 438 g/mol. The average molecular weight is 438 g/mol. The fraction of sp³-hybridized carbons (Fsp3) is 0.320. The van der Waals surface area contributed by atoms with Crippen LogP contribution in [0.1, 0.15) is 88.8 Å². The number of phenolic OH excluding ortho intramolecular Hbond substituents is 2. The fourth-order valence-electron chi connectivity index (χ4n) is 3.65. The number of ketones is 2. The Morgan fingerprint density at radius 2 is 1.75 bits per heavy atom. The average Bonchev–Trinajstić information content (AvgIpc) is 2.73. The highest BCUT2D eigenvalue weighted by Gasteiger charge is 2.40. The van der Waals surface area contributed by atoms with E-state index in [2.05, 4.69) is 0 Å². The van der Waals surface area contributed by atoms with Crippen LogP contribution in [0.5, 0.6) is 17.2 Å². The number of phenols is 2. The van der Waals surface area contributed by atoms with E-state index in [0.29, 0.717) is 6.42 Å². The Morgan fingerprint density at radius 3 is 2.34 bits per heavy atom. The smallest absolute Gasteiger partial charge is 0.346 e. The molecule has 0 radical (unpaired) electrons. The van der Waals surface area contributed by atoms with Crippen LogP contribution in [0.25, 0.3) is 6.08 Å². The Bertz CT molecular complexity index is 1150. The largest absolute Gasteiger partial charge is 0.507 e. The number of hydrogen-bond acceptors (Lipinski definition) is 7. The highest BCUT2D eigenvalue weighted by Crippen LogP contribution is 2.46. The van der Waals surface area contributed by atoms with E-state index >= 15 is 0 Å². The number of allylic oxidation sites excluding steroid dienone is 1. The number of hydrogen-bond donors (Lipinski definition) is 2. The number of carbonyl (C=O) groups is 3. The van der Waals surface area contributed by atoms with Gasteiger partial charge in [0.2, 0.25) is 5.78 Å². The van der Waals surface area contributed by atoms with Gasteiger partial charge in [-0.15, -0.1) is 0 Å². The maximum Gasteiger partial charge on any atom is 0.346 e. The molecule has 7 nitrogen and oxygen atoms in total. The van der Waals surface area contributed by atoms with Gasteiger partial charge in [0.05, 0.1) is 23.8 Å². The van der Waals surface area contributed by atoms with Gasteiger partial charge in [0.1, 0.15) is 22.8 Å². The molecule has 0 aromatic heterocycles. The maximum atomic E-state index is 13.4. The molecule has 0 fully saturated rings. The summed E-state index contributed by atoms with van der Waals surface area (Å²) in [6.07, 6.45) is 1.73. The number of aromatic hydroxyl groups is 2. The summed E-state index contributed by atoms with van der Waals surface area (Å²) in [5, 5.41) is 21.4. The first kappa shape index (κ1) is 23.1. The summed E-state index contributed by atoms with van der Waals surface area (Å²) in [5.41, 5.74) is 0.0477. The quantitative estimate of drug-likeness (QED) is 0.539. The van der Waals surface area contributed by atoms with E-state index in [-0.39, 0.29) is 51.5 Å². The molecule has 2 aromatic rings. The molecule has 1 aliphatic rings. The topological polar surface area (TPSA) is 110 Å². The second-order valence-electron chi connectivity index (χ2n) is 7.85. The second-order valence-corrected chi connectivity index (χ2v) is 7.85. The van der Waals surface area contributed by atoms with Crippen molar-refractivity contribution in [2.24, 2.45) is 0 Å². The van der Waals surface area contributed by atoms with Crippen molar-refractivity contribution in [2.75, 3.05) is 6.61 Å². The highest BCUT2D eigenvalue weighted by molar-refractivity contribution is 6.32. The lowest BCUT2D eigenvalue weighted by molar-refractivity contribution is 0.0326. The van der Waals surface area contributed by atoms with E-state index in [1.54, 1.807) is 33.8 Å². The van der Waals surface area contributed by atoms with Gasteiger partial charge in [0.15, 0.2) is 5.78 Å². The lowest BCUT2D eigenvalue weighted by Gasteiger charge is -2.25. The molecule has 3 rings (SSSR count). The molecular formula is C25H26O7. The molecule has 0 spiro atoms. The van der Waals surface area contributed by atoms with E-state index in [9.17, 15) is 24.6 Å². The molecule has 168 valence electrons. The first-order valence-corrected chi connectivity index (χ1v) is 10.5. The normalized spacial score (nSPS) is 13.2. The highest BCUT2D eigenvalue weighted by atomic mass is 16.5. The number of rotatable bonds is 6. The van der Waals surface area contributed by atoms with Gasteiger partial charge in [-0.1, -0.05) is 30.7 Å². The SMILES string of the molecule is CCOc1c(C=C(C)C)c2c(c(O)c1C(=O)OC(C)CC)C(=O)c1c(O)cccc1C2=O. The number of ether oxygens (including phenoxy) is 2. The van der Waals surface area contributed by atoms with Crippen molar-refractivity contribution >= 4 is 23.6 Å². The molecule has 7 heteroatoms. The lowest BCUT2D eigenvalue weighted by atomic mass is 9.79. The van der Waals surface area contributed by atoms with Crippen LogP contribution in [0, 0.1) is 0 Å². The zero-order chi connectivity index (χ0) is 23.7. The lowest BCUT2D eigenvalue weighted by Crippen LogP contribution is -2.25. The third-order valence-electron chi connectivity index (χ3n) is 5.24. The van der Waals surface area contributed by atoms with Crippen LogP contribution in [0.15, 0.2) is 23.8 Å². The standard InChI is InChI=1S/C25H26O7/c1-6-13(5)32-25(30)20-23(29)19-18(15(11-12(3)4)24(20)31-7-2)21(27)14-9-8-10-16(26)17(14)22(19)28/h8-11,13,26,29H,6-7H2,1-5H3. The van der Waals surface area contributed by atoms with E-state index in [4.69, 9.17) is 9.47 Å². The van der Waals surface area contributed by atoms with Crippen molar-refractivity contribution in [3.8, 4) is 17.2 Å². The third-order valence-corrected chi connectivity index (χ3v) is 5.24. The molecule has 0 saturated heterocycles. The molecule has 0 heterocycles. The zero-order valence-electron chi connectivity index (χ0n) is 18.7. The van der Waals surface area contributed by atoms with Gasteiger partial charge < -0.3 is 19.7 Å². The van der Waals surface area contributed by atoms with Crippen LogP contribution in [0.3, 0.4) is 0 Å². The van der Waals surface area contributed by atoms with E-state index in [0.717, 1.165) is 5.57 Å². The summed E-state index contributed by atoms with van der Waals surface area (Å²) < 4.78 is 11.1. The number of esters is 1. The summed E-state index contributed by atoms with van der Waals surface area (Å²) in [5.74, 6) is -3.29. The van der Waals surface area contributed by atoms with Crippen molar-refractivity contribution in [2.45, 2.75) is 47.1 Å². The zero-order valence-corrected chi connectivity index (χ0v) is 18.7. The van der Waals surface area contributed by atoms with E-state index < -0.39 is 29.4 Å². The first-order chi connectivity index (χ1) is 15.1. The Labute approximate surface area is 186 Å². The van der Waals surface area contributed by atoms with E-state index in [1.807, 2.05) is 6.92 Å². The second kappa shape index (κ2) is 8.86. The Morgan fingerprint density at radius 1 is 1.06 bits per heavy atom. The third kappa shape index (κ3) is 3.75. The molecule has 2 N–H and O–H groups in total. The predicted octanol–water partition coefficient (Wildman–Crippen LogP) is 4.65. The van der Waals surface area contributed by atoms with Crippen LogP contribution in [0.4, 0.5) is 0 Å². The molecule has 0 amide bonds. The van der Waals surface area contributed by atoms with Crippen molar-refractivity contribution in [3.63, 3.8) is 0 Å². The Hall–Kier alpha value is -3.61. The van der Waals surface area contributed by atoms with Gasteiger partial charge in [-0.3, -0.25) is 9.59 Å². The van der Waals surface area contributed by atoms with E-state index in [1.165, 1.54) is 18.2 Å². The van der Waals surface area contributed by atoms with Gasteiger partial charge in [0, 0.05) is 16.7 Å². The van der Waals surface area contributed by atoms with Crippen molar-refractivity contribution in [1.29, 1.82) is 0 Å². The summed E-state index contributed by atoms with van der Waals surface area (Å²) in [6.45, 7) is 8.97. The van der Waals surface area contributed by atoms with Crippen LogP contribution in [-0.2, 0) is 4.74 Å². The predicted molar refractivity (Wildman–Crippen MR) is 119 cm³/mol. The van der Waals surface area contributed by atoms with Crippen molar-refractivity contribution in [3.05, 3.63) is 57.2 Å². The first-order valence-electron chi connectivity index (χ1n) is 10.5. The maximum absolute atomic E-state index is 13.4. The molecule has 1 unspecified atom stereocenters. The molecule has 0 saturated carbocycles. The minimum Gasteiger partial charge on any atom is -0.507 e. The van der Waals surface area contributed by atoms with Gasteiger partial charge in [-0.2, -0.15) is 0 Å². The van der Waals surface area contributed by atoms with Crippen LogP contribution in [0.2, 0.25) is 0 Å². The van der Waals surface area contributed by atoms with Gasteiger partial charge >= 0.3 is 5.97 Å². The molecule has 0 bridgehead atoms. The molecule has 2 aromatic carbocycles. The van der Waals surface area contributed by atoms with Gasteiger partial charge in [-0.05, 0) is 40.2 Å². The minimum absolute atomic E-state index is 0.0164. The summed E-state index contributed by atoms with van der Waals surface area (Å²) >= 11 is 0. The summed E-state index contributed by atoms with van der Waals surface area (Å²) in [7, 11) is 0. The molecule has 32 heavy (non-hydrogen) atoms. The molecule has 1 aliphatic carbocycles.